The highest BCUT2D eigenvalue weighted by Crippen LogP contribution is 2.67. The van der Waals surface area contributed by atoms with E-state index in [1.54, 1.807) is 11.1 Å². The summed E-state index contributed by atoms with van der Waals surface area (Å²) in [6.07, 6.45) is 17.8. The molecule has 4 rings (SSSR count). The van der Waals surface area contributed by atoms with E-state index in [0.29, 0.717) is 16.7 Å². The molecule has 3 fully saturated rings. The molecule has 0 aliphatic heterocycles. The molecule has 30 heavy (non-hydrogen) atoms. The number of aliphatic hydroxyl groups excluding tert-OH is 1. The van der Waals surface area contributed by atoms with E-state index in [9.17, 15) is 5.11 Å². The van der Waals surface area contributed by atoms with E-state index in [1.165, 1.54) is 51.4 Å². The van der Waals surface area contributed by atoms with Crippen molar-refractivity contribution in [2.45, 2.75) is 112 Å². The predicted octanol–water partition coefficient (Wildman–Crippen LogP) is 7.94. The molecule has 0 saturated heterocycles. The second kappa shape index (κ2) is 8.42. The molecule has 7 unspecified atom stereocenters. The van der Waals surface area contributed by atoms with Gasteiger partial charge in [-0.2, -0.15) is 0 Å². The average Bonchev–Trinajstić information content (AvgIpc) is 3.06. The van der Waals surface area contributed by atoms with Crippen LogP contribution in [0.4, 0.5) is 0 Å². The molecule has 4 aliphatic rings. The van der Waals surface area contributed by atoms with E-state index in [2.05, 4.69) is 53.7 Å². The molecule has 0 aromatic heterocycles. The van der Waals surface area contributed by atoms with Gasteiger partial charge in [0, 0.05) is 0 Å². The van der Waals surface area contributed by atoms with Gasteiger partial charge in [-0.3, -0.25) is 0 Å². The van der Waals surface area contributed by atoms with Crippen molar-refractivity contribution in [1.82, 2.24) is 0 Å². The van der Waals surface area contributed by atoms with Gasteiger partial charge in [0.2, 0.25) is 0 Å². The second-order valence-corrected chi connectivity index (χ2v) is 12.4. The zero-order valence-electron chi connectivity index (χ0n) is 20.7. The van der Waals surface area contributed by atoms with Crippen LogP contribution in [0, 0.1) is 46.3 Å². The monoisotopic (exact) mass is 412 g/mol. The highest BCUT2D eigenvalue weighted by atomic mass is 16.3. The van der Waals surface area contributed by atoms with Gasteiger partial charge in [0.05, 0.1) is 6.10 Å². The van der Waals surface area contributed by atoms with Crippen LogP contribution >= 0.6 is 0 Å². The van der Waals surface area contributed by atoms with Crippen LogP contribution in [0.15, 0.2) is 23.3 Å². The van der Waals surface area contributed by atoms with Gasteiger partial charge < -0.3 is 5.11 Å². The highest BCUT2D eigenvalue weighted by molar-refractivity contribution is 5.25. The SMILES string of the molecule is C/C=C(/CC[C@@H](C)C1CCC2C3CC=C4CC(O)CCC4(C)C3CCC21C)C(C)C. The van der Waals surface area contributed by atoms with Crippen molar-refractivity contribution >= 4 is 0 Å². The Morgan fingerprint density at radius 2 is 1.87 bits per heavy atom. The zero-order valence-corrected chi connectivity index (χ0v) is 20.7. The molecule has 0 bridgehead atoms. The van der Waals surface area contributed by atoms with Gasteiger partial charge in [-0.25, -0.2) is 0 Å². The maximum Gasteiger partial charge on any atom is 0.0577 e. The number of hydrogen-bond acceptors (Lipinski definition) is 1. The molecule has 3 saturated carbocycles. The lowest BCUT2D eigenvalue weighted by molar-refractivity contribution is -0.0571. The van der Waals surface area contributed by atoms with Crippen LogP contribution in [0.3, 0.4) is 0 Å². The average molecular weight is 413 g/mol. The van der Waals surface area contributed by atoms with E-state index in [4.69, 9.17) is 0 Å². The molecule has 1 N–H and O–H groups in total. The summed E-state index contributed by atoms with van der Waals surface area (Å²) in [5.41, 5.74) is 4.21. The van der Waals surface area contributed by atoms with Crippen LogP contribution in [0.5, 0.6) is 0 Å². The van der Waals surface area contributed by atoms with Crippen LogP contribution in [-0.2, 0) is 0 Å². The molecule has 0 aromatic rings. The Hall–Kier alpha value is -0.560. The maximum absolute atomic E-state index is 10.2. The molecule has 0 spiro atoms. The molecule has 4 aliphatic carbocycles. The molecule has 0 radical (unpaired) electrons. The van der Waals surface area contributed by atoms with Gasteiger partial charge in [-0.05, 0) is 117 Å². The summed E-state index contributed by atoms with van der Waals surface area (Å²) in [5.74, 6) is 5.15. The first-order chi connectivity index (χ1) is 14.2. The summed E-state index contributed by atoms with van der Waals surface area (Å²) in [6, 6.07) is 0. The number of fused-ring (bicyclic) bond motifs is 5. The smallest absolute Gasteiger partial charge is 0.0577 e. The maximum atomic E-state index is 10.2. The first kappa shape index (κ1) is 22.6. The second-order valence-electron chi connectivity index (χ2n) is 12.4. The van der Waals surface area contributed by atoms with Gasteiger partial charge in [-0.1, -0.05) is 57.9 Å². The van der Waals surface area contributed by atoms with Gasteiger partial charge in [0.25, 0.3) is 0 Å². The number of rotatable bonds is 5. The Kier molecular flexibility index (Phi) is 6.35. The van der Waals surface area contributed by atoms with Gasteiger partial charge in [-0.15, -0.1) is 0 Å². The van der Waals surface area contributed by atoms with E-state index in [-0.39, 0.29) is 6.10 Å². The van der Waals surface area contributed by atoms with Crippen molar-refractivity contribution in [3.63, 3.8) is 0 Å². The van der Waals surface area contributed by atoms with Crippen LogP contribution in [0.1, 0.15) is 106 Å². The van der Waals surface area contributed by atoms with Gasteiger partial charge >= 0.3 is 0 Å². The minimum Gasteiger partial charge on any atom is -0.393 e. The van der Waals surface area contributed by atoms with E-state index < -0.39 is 0 Å². The van der Waals surface area contributed by atoms with E-state index in [0.717, 1.165) is 42.4 Å². The summed E-state index contributed by atoms with van der Waals surface area (Å²) in [5, 5.41) is 10.2. The van der Waals surface area contributed by atoms with Crippen LogP contribution < -0.4 is 0 Å². The Balaban J connectivity index is 1.49. The zero-order chi connectivity index (χ0) is 21.7. The van der Waals surface area contributed by atoms with Crippen molar-refractivity contribution in [3.8, 4) is 0 Å². The van der Waals surface area contributed by atoms with E-state index >= 15 is 0 Å². The van der Waals surface area contributed by atoms with Gasteiger partial charge in [0.1, 0.15) is 0 Å². The normalized spacial score (nSPS) is 44.9. The molecule has 0 amide bonds. The minimum atomic E-state index is -0.0839. The van der Waals surface area contributed by atoms with Crippen molar-refractivity contribution in [3.05, 3.63) is 23.3 Å². The Morgan fingerprint density at radius 1 is 1.10 bits per heavy atom. The van der Waals surface area contributed by atoms with Crippen molar-refractivity contribution in [2.24, 2.45) is 46.3 Å². The Morgan fingerprint density at radius 3 is 2.57 bits per heavy atom. The van der Waals surface area contributed by atoms with Crippen molar-refractivity contribution in [1.29, 1.82) is 0 Å². The third-order valence-electron chi connectivity index (χ3n) is 10.8. The fourth-order valence-electron chi connectivity index (χ4n) is 8.98. The standard InChI is InChI=1S/C29H48O/c1-7-21(19(2)3)9-8-20(4)25-12-13-26-24-11-10-22-18-23(30)14-16-28(22,5)27(24)15-17-29(25,26)6/h7,10,19-20,23-27,30H,8-9,11-18H2,1-6H3/b21-7-/t20-,23?,24?,25?,26?,27?,28?,29?/m1/s1. The number of aliphatic hydroxyl groups is 1. The summed E-state index contributed by atoms with van der Waals surface area (Å²) >= 11 is 0. The van der Waals surface area contributed by atoms with Crippen LogP contribution in [-0.4, -0.2) is 11.2 Å². The molecule has 1 heteroatoms. The highest BCUT2D eigenvalue weighted by Gasteiger charge is 2.59. The predicted molar refractivity (Wildman–Crippen MR) is 128 cm³/mol. The quantitative estimate of drug-likeness (QED) is 0.454. The fourth-order valence-corrected chi connectivity index (χ4v) is 8.98. The lowest BCUT2D eigenvalue weighted by Gasteiger charge is -2.58. The lowest BCUT2D eigenvalue weighted by atomic mass is 9.47. The Bertz CT molecular complexity index is 686. The Labute approximate surface area is 186 Å². The first-order valence-electron chi connectivity index (χ1n) is 13.2. The van der Waals surface area contributed by atoms with E-state index in [1.807, 2.05) is 0 Å². The molecule has 0 aromatic carbocycles. The minimum absolute atomic E-state index is 0.0839. The molecule has 8 atom stereocenters. The van der Waals surface area contributed by atoms with Crippen LogP contribution in [0.25, 0.3) is 0 Å². The lowest BCUT2D eigenvalue weighted by Crippen LogP contribution is -2.50. The largest absolute Gasteiger partial charge is 0.393 e. The number of allylic oxidation sites excluding steroid dienone is 3. The number of hydrogen-bond donors (Lipinski definition) is 1. The molecular weight excluding hydrogens is 364 g/mol. The fraction of sp³-hybridized carbons (Fsp3) is 0.862. The van der Waals surface area contributed by atoms with Crippen molar-refractivity contribution in [2.75, 3.05) is 0 Å². The molecule has 170 valence electrons. The summed E-state index contributed by atoms with van der Waals surface area (Å²) in [7, 11) is 0. The summed E-state index contributed by atoms with van der Waals surface area (Å²) in [6.45, 7) is 14.7. The van der Waals surface area contributed by atoms with Crippen LogP contribution in [0.2, 0.25) is 0 Å². The molecule has 0 heterocycles. The third-order valence-corrected chi connectivity index (χ3v) is 10.8. The summed E-state index contributed by atoms with van der Waals surface area (Å²) in [4.78, 5) is 0. The van der Waals surface area contributed by atoms with Gasteiger partial charge in [0.15, 0.2) is 0 Å². The molecule has 1 nitrogen and oxygen atoms in total. The topological polar surface area (TPSA) is 20.2 Å². The summed E-state index contributed by atoms with van der Waals surface area (Å²) < 4.78 is 0. The molecular formula is C29H48O. The first-order valence-corrected chi connectivity index (χ1v) is 13.2. The third kappa shape index (κ3) is 3.66. The van der Waals surface area contributed by atoms with Crippen molar-refractivity contribution < 1.29 is 5.11 Å².